The number of phenolic OH excluding ortho intramolecular Hbond substituents is 1. The van der Waals surface area contributed by atoms with E-state index in [0.717, 1.165) is 22.8 Å². The summed E-state index contributed by atoms with van der Waals surface area (Å²) in [6.45, 7) is 2.85. The van der Waals surface area contributed by atoms with Crippen molar-refractivity contribution < 1.29 is 5.11 Å². The van der Waals surface area contributed by atoms with Crippen LogP contribution in [-0.4, -0.2) is 17.1 Å². The Labute approximate surface area is 98.8 Å². The Morgan fingerprint density at radius 3 is 2.94 bits per heavy atom. The van der Waals surface area contributed by atoms with Crippen LogP contribution < -0.4 is 5.32 Å². The second-order valence-corrected chi connectivity index (χ2v) is 4.69. The molecule has 0 radical (unpaired) electrons. The molecule has 0 unspecified atom stereocenters. The molecule has 2 aromatic rings. The van der Waals surface area contributed by atoms with Gasteiger partial charge in [-0.05, 0) is 26.1 Å². The maximum Gasteiger partial charge on any atom is 0.124 e. The van der Waals surface area contributed by atoms with Gasteiger partial charge in [-0.3, -0.25) is 0 Å². The highest BCUT2D eigenvalue weighted by atomic mass is 32.1. The highest BCUT2D eigenvalue weighted by Crippen LogP contribution is 2.29. The summed E-state index contributed by atoms with van der Waals surface area (Å²) in [7, 11) is 1.92. The van der Waals surface area contributed by atoms with Gasteiger partial charge in [-0.25, -0.2) is 4.98 Å². The number of benzene rings is 1. The molecule has 0 aliphatic rings. The van der Waals surface area contributed by atoms with Crippen molar-refractivity contribution in [3.8, 4) is 16.3 Å². The second kappa shape index (κ2) is 4.63. The van der Waals surface area contributed by atoms with Crippen molar-refractivity contribution in [2.45, 2.75) is 13.5 Å². The summed E-state index contributed by atoms with van der Waals surface area (Å²) >= 11 is 1.66. The van der Waals surface area contributed by atoms with E-state index >= 15 is 0 Å². The smallest absolute Gasteiger partial charge is 0.124 e. The first-order valence-corrected chi connectivity index (χ1v) is 5.92. The molecule has 2 N–H and O–H groups in total. The van der Waals surface area contributed by atoms with E-state index in [4.69, 9.17) is 0 Å². The summed E-state index contributed by atoms with van der Waals surface area (Å²) in [5, 5.41) is 13.5. The van der Waals surface area contributed by atoms with Crippen LogP contribution in [0, 0.1) is 6.92 Å². The number of aryl methyl sites for hydroxylation is 1. The molecular formula is C12H14N2OS. The molecule has 1 heterocycles. The van der Waals surface area contributed by atoms with Gasteiger partial charge in [-0.15, -0.1) is 11.3 Å². The number of aromatic hydroxyl groups is 1. The maximum absolute atomic E-state index is 9.42. The lowest BCUT2D eigenvalue weighted by Gasteiger charge is -1.96. The number of rotatable bonds is 3. The fourth-order valence-corrected chi connectivity index (χ4v) is 2.59. The van der Waals surface area contributed by atoms with Gasteiger partial charge in [-0.1, -0.05) is 12.1 Å². The summed E-state index contributed by atoms with van der Waals surface area (Å²) in [4.78, 5) is 5.74. The van der Waals surface area contributed by atoms with Crippen molar-refractivity contribution in [1.29, 1.82) is 0 Å². The molecule has 84 valence electrons. The highest BCUT2D eigenvalue weighted by molar-refractivity contribution is 7.15. The monoisotopic (exact) mass is 234 g/mol. The SMILES string of the molecule is CNCc1sc(-c2cccc(O)c2)nc1C. The van der Waals surface area contributed by atoms with E-state index in [2.05, 4.69) is 10.3 Å². The Bertz CT molecular complexity index is 494. The predicted octanol–water partition coefficient (Wildman–Crippen LogP) is 2.54. The van der Waals surface area contributed by atoms with Crippen LogP contribution in [-0.2, 0) is 6.54 Å². The predicted molar refractivity (Wildman–Crippen MR) is 66.7 cm³/mol. The minimum Gasteiger partial charge on any atom is -0.508 e. The normalized spacial score (nSPS) is 10.6. The fraction of sp³-hybridized carbons (Fsp3) is 0.250. The molecule has 0 saturated carbocycles. The first-order valence-electron chi connectivity index (χ1n) is 5.11. The van der Waals surface area contributed by atoms with Crippen LogP contribution in [0.15, 0.2) is 24.3 Å². The molecule has 1 aromatic heterocycles. The van der Waals surface area contributed by atoms with Gasteiger partial charge in [0.2, 0.25) is 0 Å². The Balaban J connectivity index is 2.37. The van der Waals surface area contributed by atoms with Crippen molar-refractivity contribution in [1.82, 2.24) is 10.3 Å². The Hall–Kier alpha value is -1.39. The molecule has 0 bridgehead atoms. The molecule has 0 aliphatic heterocycles. The van der Waals surface area contributed by atoms with Crippen LogP contribution in [0.1, 0.15) is 10.6 Å². The van der Waals surface area contributed by atoms with Crippen molar-refractivity contribution >= 4 is 11.3 Å². The van der Waals surface area contributed by atoms with Gasteiger partial charge in [0, 0.05) is 17.0 Å². The van der Waals surface area contributed by atoms with Crippen LogP contribution in [0.2, 0.25) is 0 Å². The average Bonchev–Trinajstić information content (AvgIpc) is 2.61. The van der Waals surface area contributed by atoms with Gasteiger partial charge >= 0.3 is 0 Å². The van der Waals surface area contributed by atoms with Crippen LogP contribution in [0.5, 0.6) is 5.75 Å². The third-order valence-corrected chi connectivity index (χ3v) is 3.53. The zero-order valence-electron chi connectivity index (χ0n) is 9.32. The lowest BCUT2D eigenvalue weighted by molar-refractivity contribution is 0.475. The van der Waals surface area contributed by atoms with Crippen molar-refractivity contribution in [3.63, 3.8) is 0 Å². The third kappa shape index (κ3) is 2.23. The van der Waals surface area contributed by atoms with Gasteiger partial charge in [-0.2, -0.15) is 0 Å². The van der Waals surface area contributed by atoms with Crippen LogP contribution in [0.25, 0.3) is 10.6 Å². The third-order valence-electron chi connectivity index (χ3n) is 2.32. The van der Waals surface area contributed by atoms with E-state index in [9.17, 15) is 5.11 Å². The fourth-order valence-electron chi connectivity index (χ4n) is 1.52. The van der Waals surface area contributed by atoms with Crippen molar-refractivity contribution in [3.05, 3.63) is 34.8 Å². The summed E-state index contributed by atoms with van der Waals surface area (Å²) in [5.74, 6) is 0.278. The van der Waals surface area contributed by atoms with E-state index in [1.807, 2.05) is 26.1 Å². The van der Waals surface area contributed by atoms with Crippen molar-refractivity contribution in [2.75, 3.05) is 7.05 Å². The zero-order chi connectivity index (χ0) is 11.5. The molecule has 3 nitrogen and oxygen atoms in total. The average molecular weight is 234 g/mol. The summed E-state index contributed by atoms with van der Waals surface area (Å²) in [5.41, 5.74) is 2.02. The molecule has 0 saturated heterocycles. The van der Waals surface area contributed by atoms with Crippen LogP contribution in [0.3, 0.4) is 0 Å². The van der Waals surface area contributed by atoms with E-state index < -0.39 is 0 Å². The quantitative estimate of drug-likeness (QED) is 0.858. The molecule has 0 atom stereocenters. The topological polar surface area (TPSA) is 45.1 Å². The van der Waals surface area contributed by atoms with Crippen LogP contribution in [0.4, 0.5) is 0 Å². The number of thiazole rings is 1. The van der Waals surface area contributed by atoms with Gasteiger partial charge < -0.3 is 10.4 Å². The first-order chi connectivity index (χ1) is 7.70. The van der Waals surface area contributed by atoms with Crippen molar-refractivity contribution in [2.24, 2.45) is 0 Å². The number of hydrogen-bond acceptors (Lipinski definition) is 4. The summed E-state index contributed by atoms with van der Waals surface area (Å²) < 4.78 is 0. The number of nitrogens with one attached hydrogen (secondary N) is 1. The molecule has 0 fully saturated rings. The number of aromatic nitrogens is 1. The number of phenols is 1. The molecule has 16 heavy (non-hydrogen) atoms. The number of hydrogen-bond donors (Lipinski definition) is 2. The molecule has 2 rings (SSSR count). The molecular weight excluding hydrogens is 220 g/mol. The second-order valence-electron chi connectivity index (χ2n) is 3.61. The summed E-state index contributed by atoms with van der Waals surface area (Å²) in [6.07, 6.45) is 0. The van der Waals surface area contributed by atoms with E-state index in [1.165, 1.54) is 4.88 Å². The van der Waals surface area contributed by atoms with E-state index in [1.54, 1.807) is 23.5 Å². The van der Waals surface area contributed by atoms with Gasteiger partial charge in [0.25, 0.3) is 0 Å². The van der Waals surface area contributed by atoms with Gasteiger partial charge in [0.15, 0.2) is 0 Å². The molecule has 0 amide bonds. The molecule has 0 aliphatic carbocycles. The lowest BCUT2D eigenvalue weighted by atomic mass is 10.2. The van der Waals surface area contributed by atoms with Crippen LogP contribution >= 0.6 is 11.3 Å². The molecule has 0 spiro atoms. The molecule has 4 heteroatoms. The number of nitrogens with zero attached hydrogens (tertiary/aromatic N) is 1. The largest absolute Gasteiger partial charge is 0.508 e. The minimum atomic E-state index is 0.278. The minimum absolute atomic E-state index is 0.278. The standard InChI is InChI=1S/C12H14N2OS/c1-8-11(7-13-2)16-12(14-8)9-4-3-5-10(15)6-9/h3-6,13,15H,7H2,1-2H3. The Morgan fingerprint density at radius 1 is 1.44 bits per heavy atom. The van der Waals surface area contributed by atoms with Gasteiger partial charge in [0.1, 0.15) is 10.8 Å². The summed E-state index contributed by atoms with van der Waals surface area (Å²) in [6, 6.07) is 7.19. The maximum atomic E-state index is 9.42. The zero-order valence-corrected chi connectivity index (χ0v) is 10.1. The van der Waals surface area contributed by atoms with Gasteiger partial charge in [0.05, 0.1) is 5.69 Å². The highest BCUT2D eigenvalue weighted by Gasteiger charge is 2.08. The van der Waals surface area contributed by atoms with E-state index in [-0.39, 0.29) is 5.75 Å². The first kappa shape index (κ1) is 11.1. The Kier molecular flexibility index (Phi) is 3.22. The van der Waals surface area contributed by atoms with E-state index in [0.29, 0.717) is 0 Å². The molecule has 1 aromatic carbocycles. The Morgan fingerprint density at radius 2 is 2.25 bits per heavy atom. The lowest BCUT2D eigenvalue weighted by Crippen LogP contribution is -2.04.